The molecule has 1 aliphatic rings. The number of sulfonamides is 1. The molecular formula is C17H17N3O8S. The van der Waals surface area contributed by atoms with E-state index in [1.54, 1.807) is 0 Å². The molecule has 1 fully saturated rings. The fourth-order valence-corrected chi connectivity index (χ4v) is 4.24. The van der Waals surface area contributed by atoms with Gasteiger partial charge in [0.1, 0.15) is 4.92 Å². The molecule has 0 atom stereocenters. The highest BCUT2D eigenvalue weighted by atomic mass is 32.2. The number of furan rings is 1. The summed E-state index contributed by atoms with van der Waals surface area (Å²) < 4.78 is 35.7. The van der Waals surface area contributed by atoms with Crippen LogP contribution in [0.25, 0.3) is 0 Å². The summed E-state index contributed by atoms with van der Waals surface area (Å²) in [5, 5.41) is 13.0. The number of esters is 1. The molecule has 1 N–H and O–H groups in total. The summed E-state index contributed by atoms with van der Waals surface area (Å²) in [4.78, 5) is 33.5. The van der Waals surface area contributed by atoms with Crippen molar-refractivity contribution < 1.29 is 32.1 Å². The number of anilines is 1. The van der Waals surface area contributed by atoms with Crippen LogP contribution in [-0.2, 0) is 19.6 Å². The molecule has 3 rings (SSSR count). The average molecular weight is 423 g/mol. The van der Waals surface area contributed by atoms with E-state index in [0.717, 1.165) is 25.0 Å². The second-order valence-electron chi connectivity index (χ2n) is 6.15. The van der Waals surface area contributed by atoms with Gasteiger partial charge in [-0.1, -0.05) is 0 Å². The highest BCUT2D eigenvalue weighted by molar-refractivity contribution is 7.89. The zero-order valence-corrected chi connectivity index (χ0v) is 15.9. The molecule has 11 nitrogen and oxygen atoms in total. The molecule has 154 valence electrons. The van der Waals surface area contributed by atoms with Crippen LogP contribution in [0.15, 0.2) is 45.7 Å². The van der Waals surface area contributed by atoms with Gasteiger partial charge in [0.05, 0.1) is 11.0 Å². The normalized spacial score (nSPS) is 14.5. The summed E-state index contributed by atoms with van der Waals surface area (Å²) in [6.45, 7) is 0.331. The van der Waals surface area contributed by atoms with Crippen molar-refractivity contribution in [1.29, 1.82) is 0 Å². The number of ether oxygens (including phenoxy) is 1. The maximum absolute atomic E-state index is 12.5. The number of carbonyl (C=O) groups is 2. The zero-order chi connectivity index (χ0) is 21.0. The molecule has 2 heterocycles. The smallest absolute Gasteiger partial charge is 0.433 e. The molecule has 0 saturated carbocycles. The molecule has 0 bridgehead atoms. The summed E-state index contributed by atoms with van der Waals surface area (Å²) >= 11 is 0. The third-order valence-corrected chi connectivity index (χ3v) is 6.06. The fourth-order valence-electron chi connectivity index (χ4n) is 2.72. The Morgan fingerprint density at radius 1 is 1.14 bits per heavy atom. The van der Waals surface area contributed by atoms with E-state index < -0.39 is 45.1 Å². The fraction of sp³-hybridized carbons (Fsp3) is 0.294. The van der Waals surface area contributed by atoms with Crippen molar-refractivity contribution in [2.45, 2.75) is 17.7 Å². The lowest BCUT2D eigenvalue weighted by Crippen LogP contribution is -2.27. The highest BCUT2D eigenvalue weighted by Crippen LogP contribution is 2.22. The number of nitrogens with one attached hydrogen (secondary N) is 1. The Labute approximate surface area is 165 Å². The van der Waals surface area contributed by atoms with E-state index in [9.17, 15) is 28.1 Å². The van der Waals surface area contributed by atoms with Crippen molar-refractivity contribution in [2.75, 3.05) is 25.0 Å². The van der Waals surface area contributed by atoms with E-state index in [2.05, 4.69) is 9.73 Å². The van der Waals surface area contributed by atoms with Gasteiger partial charge in [-0.2, -0.15) is 4.31 Å². The third kappa shape index (κ3) is 4.78. The maximum atomic E-state index is 12.5. The Hall–Kier alpha value is -3.25. The first-order valence-electron chi connectivity index (χ1n) is 8.59. The van der Waals surface area contributed by atoms with E-state index >= 15 is 0 Å². The molecule has 1 amide bonds. The minimum Gasteiger partial charge on any atom is -0.450 e. The number of benzene rings is 1. The van der Waals surface area contributed by atoms with Crippen molar-refractivity contribution in [3.8, 4) is 0 Å². The molecule has 29 heavy (non-hydrogen) atoms. The van der Waals surface area contributed by atoms with Crippen LogP contribution in [-0.4, -0.2) is 49.2 Å². The predicted octanol–water partition coefficient (Wildman–Crippen LogP) is 1.77. The summed E-state index contributed by atoms with van der Waals surface area (Å²) in [6, 6.07) is 7.69. The van der Waals surface area contributed by atoms with Crippen LogP contribution >= 0.6 is 0 Å². The molecule has 1 saturated heterocycles. The minimum absolute atomic E-state index is 0.128. The zero-order valence-electron chi connectivity index (χ0n) is 15.1. The minimum atomic E-state index is -3.55. The van der Waals surface area contributed by atoms with Gasteiger partial charge in [-0.3, -0.25) is 14.9 Å². The first kappa shape index (κ1) is 20.5. The molecule has 0 spiro atoms. The van der Waals surface area contributed by atoms with Crippen LogP contribution in [0.4, 0.5) is 11.6 Å². The van der Waals surface area contributed by atoms with Gasteiger partial charge in [0, 0.05) is 18.8 Å². The van der Waals surface area contributed by atoms with Crippen LogP contribution in [0.2, 0.25) is 0 Å². The van der Waals surface area contributed by atoms with Gasteiger partial charge in [-0.05, 0) is 43.2 Å². The predicted molar refractivity (Wildman–Crippen MR) is 98.7 cm³/mol. The van der Waals surface area contributed by atoms with E-state index in [1.807, 2.05) is 0 Å². The number of rotatable bonds is 7. The number of hydrogen-bond acceptors (Lipinski definition) is 8. The lowest BCUT2D eigenvalue weighted by atomic mass is 10.3. The van der Waals surface area contributed by atoms with Crippen molar-refractivity contribution in [3.05, 3.63) is 52.3 Å². The second kappa shape index (κ2) is 8.41. The first-order chi connectivity index (χ1) is 13.8. The Morgan fingerprint density at radius 3 is 2.38 bits per heavy atom. The maximum Gasteiger partial charge on any atom is 0.433 e. The van der Waals surface area contributed by atoms with Crippen molar-refractivity contribution in [2.24, 2.45) is 0 Å². The number of carbonyl (C=O) groups excluding carboxylic acids is 2. The lowest BCUT2D eigenvalue weighted by molar-refractivity contribution is -0.402. The van der Waals surface area contributed by atoms with Gasteiger partial charge < -0.3 is 14.5 Å². The standard InChI is InChI=1S/C17H17N3O8S/c21-15(11-27-17(22)14-7-8-16(28-14)20(23)24)18-12-3-5-13(6-4-12)29(25,26)19-9-1-2-10-19/h3-8H,1-2,9-11H2,(H,18,21). The Bertz CT molecular complexity index is 1020. The monoisotopic (exact) mass is 423 g/mol. The Morgan fingerprint density at radius 2 is 1.79 bits per heavy atom. The second-order valence-corrected chi connectivity index (χ2v) is 8.09. The SMILES string of the molecule is O=C(COC(=O)c1ccc([N+](=O)[O-])o1)Nc1ccc(S(=O)(=O)N2CCCC2)cc1. The molecule has 0 radical (unpaired) electrons. The number of nitro groups is 1. The summed E-state index contributed by atoms with van der Waals surface area (Å²) in [7, 11) is -3.55. The van der Waals surface area contributed by atoms with Gasteiger partial charge in [-0.25, -0.2) is 13.2 Å². The summed E-state index contributed by atoms with van der Waals surface area (Å²) in [5.41, 5.74) is 0.319. The highest BCUT2D eigenvalue weighted by Gasteiger charge is 2.27. The van der Waals surface area contributed by atoms with Gasteiger partial charge in [0.25, 0.3) is 5.91 Å². The van der Waals surface area contributed by atoms with Gasteiger partial charge >= 0.3 is 11.9 Å². The molecule has 0 unspecified atom stereocenters. The Balaban J connectivity index is 1.54. The topological polar surface area (TPSA) is 149 Å². The van der Waals surface area contributed by atoms with Gasteiger partial charge in [-0.15, -0.1) is 0 Å². The number of nitrogens with zero attached hydrogens (tertiary/aromatic N) is 2. The molecular weight excluding hydrogens is 406 g/mol. The lowest BCUT2D eigenvalue weighted by Gasteiger charge is -2.15. The molecule has 0 aliphatic carbocycles. The number of hydrogen-bond donors (Lipinski definition) is 1. The quantitative estimate of drug-likeness (QED) is 0.402. The third-order valence-electron chi connectivity index (χ3n) is 4.15. The van der Waals surface area contributed by atoms with E-state index in [1.165, 1.54) is 28.6 Å². The van der Waals surface area contributed by atoms with Crippen LogP contribution in [0.5, 0.6) is 0 Å². The van der Waals surface area contributed by atoms with E-state index in [0.29, 0.717) is 18.8 Å². The Kier molecular flexibility index (Phi) is 5.94. The molecule has 1 aromatic heterocycles. The van der Waals surface area contributed by atoms with Crippen LogP contribution in [0.1, 0.15) is 23.4 Å². The molecule has 1 aromatic carbocycles. The van der Waals surface area contributed by atoms with Gasteiger partial charge in [0.2, 0.25) is 15.8 Å². The number of amides is 1. The summed E-state index contributed by atoms with van der Waals surface area (Å²) in [5.74, 6) is -2.72. The first-order valence-corrected chi connectivity index (χ1v) is 10.0. The van der Waals surface area contributed by atoms with Crippen molar-refractivity contribution >= 4 is 33.5 Å². The molecule has 1 aliphatic heterocycles. The van der Waals surface area contributed by atoms with Crippen LogP contribution < -0.4 is 5.32 Å². The van der Waals surface area contributed by atoms with Crippen molar-refractivity contribution in [1.82, 2.24) is 4.31 Å². The summed E-state index contributed by atoms with van der Waals surface area (Å²) in [6.07, 6.45) is 1.66. The van der Waals surface area contributed by atoms with Crippen LogP contribution in [0.3, 0.4) is 0 Å². The van der Waals surface area contributed by atoms with E-state index in [-0.39, 0.29) is 4.90 Å². The van der Waals surface area contributed by atoms with E-state index in [4.69, 9.17) is 4.74 Å². The van der Waals surface area contributed by atoms with Crippen molar-refractivity contribution in [3.63, 3.8) is 0 Å². The molecule has 2 aromatic rings. The average Bonchev–Trinajstić information content (AvgIpc) is 3.38. The van der Waals surface area contributed by atoms with Gasteiger partial charge in [0.15, 0.2) is 6.61 Å². The van der Waals surface area contributed by atoms with Crippen LogP contribution in [0, 0.1) is 10.1 Å². The largest absolute Gasteiger partial charge is 0.450 e. The molecule has 12 heteroatoms.